The number of ether oxygens (including phenoxy) is 2. The Kier molecular flexibility index (Phi) is 8.64. The molecule has 0 unspecified atom stereocenters. The smallest absolute Gasteiger partial charge is 0.416 e. The Morgan fingerprint density at radius 2 is 1.85 bits per heavy atom. The van der Waals surface area contributed by atoms with Gasteiger partial charge in [0.15, 0.2) is 0 Å². The van der Waals surface area contributed by atoms with E-state index in [0.29, 0.717) is 12.1 Å². The molecule has 1 fully saturated rings. The van der Waals surface area contributed by atoms with Crippen molar-refractivity contribution in [3.63, 3.8) is 0 Å². The van der Waals surface area contributed by atoms with Gasteiger partial charge in [-0.15, -0.1) is 11.8 Å². The minimum absolute atomic E-state index is 0.373. The number of morpholine rings is 1. The molecule has 0 aliphatic carbocycles. The first-order chi connectivity index (χ1) is 16.5. The average molecular weight is 492 g/mol. The van der Waals surface area contributed by atoms with Crippen LogP contribution >= 0.6 is 11.8 Å². The molecule has 1 aromatic carbocycles. The molecule has 1 aliphatic heterocycles. The SMILES string of the molecule is FC(F)(F)c1ccc2c(SCCCCCOc3ccc(CN4CCOCC4)nc3)ccnc2c1. The van der Waals surface area contributed by atoms with Crippen LogP contribution in [0.15, 0.2) is 53.7 Å². The molecular weight excluding hydrogens is 463 g/mol. The molecule has 0 amide bonds. The molecule has 5 nitrogen and oxygen atoms in total. The molecule has 0 N–H and O–H groups in total. The van der Waals surface area contributed by atoms with Crippen molar-refractivity contribution in [2.24, 2.45) is 0 Å². The maximum atomic E-state index is 12.9. The zero-order valence-corrected chi connectivity index (χ0v) is 19.7. The summed E-state index contributed by atoms with van der Waals surface area (Å²) in [5.74, 6) is 1.67. The predicted molar refractivity (Wildman–Crippen MR) is 127 cm³/mol. The number of fused-ring (bicyclic) bond motifs is 1. The van der Waals surface area contributed by atoms with Crippen molar-refractivity contribution in [2.75, 3.05) is 38.7 Å². The maximum Gasteiger partial charge on any atom is 0.416 e. The van der Waals surface area contributed by atoms with Crippen molar-refractivity contribution in [2.45, 2.75) is 36.9 Å². The highest BCUT2D eigenvalue weighted by Crippen LogP contribution is 2.34. The molecule has 2 aromatic heterocycles. The number of pyridine rings is 2. The Morgan fingerprint density at radius 3 is 2.62 bits per heavy atom. The second-order valence-electron chi connectivity index (χ2n) is 8.17. The number of rotatable bonds is 10. The van der Waals surface area contributed by atoms with E-state index in [1.165, 1.54) is 6.07 Å². The molecule has 0 bridgehead atoms. The van der Waals surface area contributed by atoms with Crippen molar-refractivity contribution in [1.29, 1.82) is 0 Å². The standard InChI is InChI=1S/C25H28F3N3O2S/c26-25(27,28)19-4-7-22-23(16-19)29-9-8-24(22)34-15-3-1-2-12-33-21-6-5-20(30-17-21)18-31-10-13-32-14-11-31/h4-9,16-17H,1-3,10-15,18H2. The normalized spacial score (nSPS) is 15.0. The molecule has 0 spiro atoms. The number of hydrogen-bond donors (Lipinski definition) is 0. The lowest BCUT2D eigenvalue weighted by atomic mass is 10.1. The number of benzene rings is 1. The van der Waals surface area contributed by atoms with Gasteiger partial charge in [0.25, 0.3) is 0 Å². The second kappa shape index (κ2) is 11.9. The van der Waals surface area contributed by atoms with Gasteiger partial charge in [0.05, 0.1) is 42.8 Å². The molecular formula is C25H28F3N3O2S. The van der Waals surface area contributed by atoms with E-state index in [1.54, 1.807) is 24.2 Å². The van der Waals surface area contributed by atoms with Crippen molar-refractivity contribution in [1.82, 2.24) is 14.9 Å². The molecule has 0 atom stereocenters. The summed E-state index contributed by atoms with van der Waals surface area (Å²) in [6, 6.07) is 9.59. The number of halogens is 3. The van der Waals surface area contributed by atoms with E-state index in [2.05, 4.69) is 14.9 Å². The van der Waals surface area contributed by atoms with E-state index in [1.807, 2.05) is 18.2 Å². The molecule has 34 heavy (non-hydrogen) atoms. The molecule has 9 heteroatoms. The van der Waals surface area contributed by atoms with Crippen molar-refractivity contribution in [3.8, 4) is 5.75 Å². The summed E-state index contributed by atoms with van der Waals surface area (Å²) in [5, 5.41) is 0.758. The van der Waals surface area contributed by atoms with Gasteiger partial charge in [-0.25, -0.2) is 0 Å². The molecule has 4 rings (SSSR count). The highest BCUT2D eigenvalue weighted by molar-refractivity contribution is 7.99. The van der Waals surface area contributed by atoms with Crippen LogP contribution in [0.2, 0.25) is 0 Å². The van der Waals surface area contributed by atoms with Gasteiger partial charge in [0.1, 0.15) is 5.75 Å². The Hall–Kier alpha value is -2.36. The number of nitrogens with zero attached hydrogens (tertiary/aromatic N) is 3. The minimum atomic E-state index is -4.36. The molecule has 0 radical (unpaired) electrons. The van der Waals surface area contributed by atoms with Crippen LogP contribution in [0.25, 0.3) is 10.9 Å². The van der Waals surface area contributed by atoms with Crippen LogP contribution < -0.4 is 4.74 Å². The van der Waals surface area contributed by atoms with Gasteiger partial charge in [-0.1, -0.05) is 6.07 Å². The molecule has 3 aromatic rings. The van der Waals surface area contributed by atoms with Crippen LogP contribution in [0.3, 0.4) is 0 Å². The third-order valence-electron chi connectivity index (χ3n) is 5.63. The third-order valence-corrected chi connectivity index (χ3v) is 6.79. The van der Waals surface area contributed by atoms with Crippen molar-refractivity contribution in [3.05, 3.63) is 60.0 Å². The van der Waals surface area contributed by atoms with Crippen molar-refractivity contribution < 1.29 is 22.6 Å². The maximum absolute atomic E-state index is 12.9. The van der Waals surface area contributed by atoms with Crippen molar-refractivity contribution >= 4 is 22.7 Å². The van der Waals surface area contributed by atoms with E-state index >= 15 is 0 Å². The highest BCUT2D eigenvalue weighted by Gasteiger charge is 2.30. The summed E-state index contributed by atoms with van der Waals surface area (Å²) < 4.78 is 50.0. The fourth-order valence-electron chi connectivity index (χ4n) is 3.76. The number of alkyl halides is 3. The monoisotopic (exact) mass is 491 g/mol. The summed E-state index contributed by atoms with van der Waals surface area (Å²) in [6.07, 6.45) is 1.93. The van der Waals surface area contributed by atoms with Gasteiger partial charge in [-0.2, -0.15) is 13.2 Å². The fraction of sp³-hybridized carbons (Fsp3) is 0.440. The van der Waals surface area contributed by atoms with Crippen LogP contribution in [0.4, 0.5) is 13.2 Å². The minimum Gasteiger partial charge on any atom is -0.492 e. The van der Waals surface area contributed by atoms with Crippen LogP contribution in [0, 0.1) is 0 Å². The molecule has 182 valence electrons. The molecule has 1 saturated heterocycles. The quantitative estimate of drug-likeness (QED) is 0.263. The largest absolute Gasteiger partial charge is 0.492 e. The van der Waals surface area contributed by atoms with E-state index in [9.17, 15) is 13.2 Å². The van der Waals surface area contributed by atoms with Crippen LogP contribution in [0.5, 0.6) is 5.75 Å². The van der Waals surface area contributed by atoms with Gasteiger partial charge in [-0.05, 0) is 55.3 Å². The highest BCUT2D eigenvalue weighted by atomic mass is 32.2. The van der Waals surface area contributed by atoms with E-state index in [4.69, 9.17) is 9.47 Å². The Labute approximate surface area is 201 Å². The summed E-state index contributed by atoms with van der Waals surface area (Å²) in [5.41, 5.74) is 0.735. The lowest BCUT2D eigenvalue weighted by molar-refractivity contribution is -0.137. The summed E-state index contributed by atoms with van der Waals surface area (Å²) >= 11 is 1.65. The predicted octanol–water partition coefficient (Wildman–Crippen LogP) is 5.82. The Bertz CT molecular complexity index is 1060. The third kappa shape index (κ3) is 7.07. The van der Waals surface area contributed by atoms with Gasteiger partial charge >= 0.3 is 6.18 Å². The van der Waals surface area contributed by atoms with Gasteiger partial charge in [-0.3, -0.25) is 14.9 Å². The summed E-state index contributed by atoms with van der Waals surface area (Å²) in [7, 11) is 0. The lowest BCUT2D eigenvalue weighted by Gasteiger charge is -2.26. The number of hydrogen-bond acceptors (Lipinski definition) is 6. The number of aromatic nitrogens is 2. The van der Waals surface area contributed by atoms with Gasteiger partial charge in [0, 0.05) is 36.1 Å². The Morgan fingerprint density at radius 1 is 1.00 bits per heavy atom. The average Bonchev–Trinajstić information content (AvgIpc) is 2.84. The first-order valence-electron chi connectivity index (χ1n) is 11.5. The van der Waals surface area contributed by atoms with E-state index in [-0.39, 0.29) is 0 Å². The van der Waals surface area contributed by atoms with E-state index < -0.39 is 11.7 Å². The fourth-order valence-corrected chi connectivity index (χ4v) is 4.81. The summed E-state index contributed by atoms with van der Waals surface area (Å²) in [6.45, 7) is 4.90. The first-order valence-corrected chi connectivity index (χ1v) is 12.4. The molecule has 0 saturated carbocycles. The Balaban J connectivity index is 1.15. The van der Waals surface area contributed by atoms with Crippen LogP contribution in [-0.4, -0.2) is 53.5 Å². The molecule has 1 aliphatic rings. The molecule has 3 heterocycles. The topological polar surface area (TPSA) is 47.5 Å². The zero-order chi connectivity index (χ0) is 23.8. The summed E-state index contributed by atoms with van der Waals surface area (Å²) in [4.78, 5) is 11.9. The van der Waals surface area contributed by atoms with Crippen LogP contribution in [0.1, 0.15) is 30.5 Å². The van der Waals surface area contributed by atoms with Gasteiger partial charge < -0.3 is 9.47 Å². The zero-order valence-electron chi connectivity index (χ0n) is 18.9. The second-order valence-corrected chi connectivity index (χ2v) is 9.31. The van der Waals surface area contributed by atoms with Crippen LogP contribution in [-0.2, 0) is 17.5 Å². The lowest BCUT2D eigenvalue weighted by Crippen LogP contribution is -2.35. The van der Waals surface area contributed by atoms with E-state index in [0.717, 1.165) is 91.7 Å². The first kappa shape index (κ1) is 24.8. The van der Waals surface area contributed by atoms with Gasteiger partial charge in [0.2, 0.25) is 0 Å². The number of thioether (sulfide) groups is 1. The number of unbranched alkanes of at least 4 members (excludes halogenated alkanes) is 2.